The number of hydrogen-bond donors (Lipinski definition) is 1. The Morgan fingerprint density at radius 2 is 2.20 bits per heavy atom. The number of rotatable bonds is 8. The molecule has 0 aliphatic rings. The van der Waals surface area contributed by atoms with E-state index in [0.29, 0.717) is 0 Å². The molecule has 0 amide bonds. The number of unbranched alkanes of at least 4 members (excludes halogenated alkanes) is 1. The minimum absolute atomic E-state index is 0.835. The zero-order valence-electron chi connectivity index (χ0n) is 9.70. The van der Waals surface area contributed by atoms with Crippen LogP contribution in [0.3, 0.4) is 0 Å². The summed E-state index contributed by atoms with van der Waals surface area (Å²) < 4.78 is 7.59. The first-order valence-electron chi connectivity index (χ1n) is 5.65. The first kappa shape index (κ1) is 12.0. The van der Waals surface area contributed by atoms with Crippen LogP contribution in [-0.4, -0.2) is 29.8 Å². The molecule has 86 valence electrons. The number of imidazole rings is 1. The van der Waals surface area contributed by atoms with Crippen molar-refractivity contribution in [2.75, 3.05) is 25.6 Å². The van der Waals surface area contributed by atoms with Crippen LogP contribution in [0.4, 0.5) is 5.95 Å². The van der Waals surface area contributed by atoms with E-state index in [2.05, 4.69) is 21.8 Å². The van der Waals surface area contributed by atoms with Crippen molar-refractivity contribution >= 4 is 5.95 Å². The maximum Gasteiger partial charge on any atom is 0.202 e. The predicted octanol–water partition coefficient (Wildman–Crippen LogP) is 2.13. The lowest BCUT2D eigenvalue weighted by atomic mass is 10.4. The Balaban J connectivity index is 2.09. The van der Waals surface area contributed by atoms with Gasteiger partial charge in [0.25, 0.3) is 0 Å². The molecular formula is C11H21N3O. The highest BCUT2D eigenvalue weighted by Gasteiger charge is 1.98. The second kappa shape index (κ2) is 7.29. The van der Waals surface area contributed by atoms with E-state index in [0.717, 1.165) is 38.5 Å². The van der Waals surface area contributed by atoms with Gasteiger partial charge in [-0.2, -0.15) is 0 Å². The molecule has 1 heterocycles. The molecule has 1 aromatic heterocycles. The lowest BCUT2D eigenvalue weighted by molar-refractivity contribution is 0.126. The van der Waals surface area contributed by atoms with Crippen LogP contribution in [-0.2, 0) is 11.3 Å². The summed E-state index contributed by atoms with van der Waals surface area (Å²) in [6.07, 6.45) is 7.19. The van der Waals surface area contributed by atoms with Gasteiger partial charge in [0.2, 0.25) is 5.95 Å². The average Bonchev–Trinajstić information content (AvgIpc) is 2.70. The zero-order valence-corrected chi connectivity index (χ0v) is 9.70. The van der Waals surface area contributed by atoms with Gasteiger partial charge in [0, 0.05) is 39.2 Å². The fraction of sp³-hybridized carbons (Fsp3) is 0.727. The van der Waals surface area contributed by atoms with Crippen LogP contribution < -0.4 is 5.32 Å². The van der Waals surface area contributed by atoms with Gasteiger partial charge in [-0.25, -0.2) is 4.98 Å². The van der Waals surface area contributed by atoms with Gasteiger partial charge in [0.05, 0.1) is 0 Å². The van der Waals surface area contributed by atoms with Crippen LogP contribution in [0.5, 0.6) is 0 Å². The van der Waals surface area contributed by atoms with Crippen molar-refractivity contribution in [2.24, 2.45) is 0 Å². The van der Waals surface area contributed by atoms with E-state index in [9.17, 15) is 0 Å². The molecule has 1 N–H and O–H groups in total. The van der Waals surface area contributed by atoms with Crippen molar-refractivity contribution in [1.82, 2.24) is 9.55 Å². The van der Waals surface area contributed by atoms with Crippen LogP contribution in [0.15, 0.2) is 12.4 Å². The second-order valence-electron chi connectivity index (χ2n) is 3.51. The first-order valence-corrected chi connectivity index (χ1v) is 5.65. The van der Waals surface area contributed by atoms with Gasteiger partial charge in [0.1, 0.15) is 0 Å². The van der Waals surface area contributed by atoms with Crippen molar-refractivity contribution in [3.63, 3.8) is 0 Å². The van der Waals surface area contributed by atoms with Crippen LogP contribution >= 0.6 is 0 Å². The normalized spacial score (nSPS) is 10.5. The first-order chi connectivity index (χ1) is 7.38. The second-order valence-corrected chi connectivity index (χ2v) is 3.51. The summed E-state index contributed by atoms with van der Waals surface area (Å²) in [6.45, 7) is 4.86. The van der Waals surface area contributed by atoms with Crippen LogP contribution in [0.2, 0.25) is 0 Å². The molecule has 0 bridgehead atoms. The minimum atomic E-state index is 0.835. The Bertz CT molecular complexity index is 260. The SMILES string of the molecule is CCCCOCCCn1ccnc1NC. The van der Waals surface area contributed by atoms with Crippen molar-refractivity contribution in [3.05, 3.63) is 12.4 Å². The molecule has 0 aromatic carbocycles. The third kappa shape index (κ3) is 4.34. The van der Waals surface area contributed by atoms with Gasteiger partial charge in [-0.15, -0.1) is 0 Å². The highest BCUT2D eigenvalue weighted by Crippen LogP contribution is 2.03. The summed E-state index contributed by atoms with van der Waals surface area (Å²) in [6, 6.07) is 0. The van der Waals surface area contributed by atoms with Crippen LogP contribution in [0.1, 0.15) is 26.2 Å². The molecule has 0 saturated carbocycles. The highest BCUT2D eigenvalue weighted by molar-refractivity contribution is 5.23. The van der Waals surface area contributed by atoms with E-state index in [1.165, 1.54) is 6.42 Å². The number of aromatic nitrogens is 2. The molecule has 0 aliphatic heterocycles. The summed E-state index contributed by atoms with van der Waals surface area (Å²) in [5, 5.41) is 3.05. The molecule has 0 spiro atoms. The molecule has 0 saturated heterocycles. The van der Waals surface area contributed by atoms with Crippen molar-refractivity contribution in [3.8, 4) is 0 Å². The smallest absolute Gasteiger partial charge is 0.202 e. The molecule has 0 fully saturated rings. The van der Waals surface area contributed by atoms with Gasteiger partial charge in [-0.1, -0.05) is 13.3 Å². The van der Waals surface area contributed by atoms with Crippen molar-refractivity contribution in [2.45, 2.75) is 32.7 Å². The standard InChI is InChI=1S/C11H21N3O/c1-3-4-9-15-10-5-7-14-8-6-13-11(14)12-2/h6,8H,3-5,7,9-10H2,1-2H3,(H,12,13). The van der Waals surface area contributed by atoms with Crippen molar-refractivity contribution in [1.29, 1.82) is 0 Å². The van der Waals surface area contributed by atoms with Gasteiger partial charge in [-0.05, 0) is 12.8 Å². The van der Waals surface area contributed by atoms with Crippen LogP contribution in [0.25, 0.3) is 0 Å². The number of nitrogens with one attached hydrogen (secondary N) is 1. The number of aryl methyl sites for hydroxylation is 1. The molecule has 0 radical (unpaired) electrons. The quantitative estimate of drug-likeness (QED) is 0.669. The minimum Gasteiger partial charge on any atom is -0.381 e. The number of ether oxygens (including phenoxy) is 1. The lowest BCUT2D eigenvalue weighted by Crippen LogP contribution is -2.06. The molecule has 4 nitrogen and oxygen atoms in total. The molecular weight excluding hydrogens is 190 g/mol. The van der Waals surface area contributed by atoms with Crippen LogP contribution in [0, 0.1) is 0 Å². The monoisotopic (exact) mass is 211 g/mol. The fourth-order valence-electron chi connectivity index (χ4n) is 1.40. The summed E-state index contributed by atoms with van der Waals surface area (Å²) in [4.78, 5) is 4.17. The van der Waals surface area contributed by atoms with E-state index in [1.807, 2.05) is 19.4 Å². The molecule has 4 heteroatoms. The maximum atomic E-state index is 5.49. The summed E-state index contributed by atoms with van der Waals surface area (Å²) in [5.74, 6) is 0.920. The van der Waals surface area contributed by atoms with Gasteiger partial charge in [0.15, 0.2) is 0 Å². The van der Waals surface area contributed by atoms with E-state index in [1.54, 1.807) is 0 Å². The number of hydrogen-bond acceptors (Lipinski definition) is 3. The van der Waals surface area contributed by atoms with Gasteiger partial charge >= 0.3 is 0 Å². The lowest BCUT2D eigenvalue weighted by Gasteiger charge is -2.07. The Morgan fingerprint density at radius 1 is 1.40 bits per heavy atom. The third-order valence-electron chi connectivity index (χ3n) is 2.27. The fourth-order valence-corrected chi connectivity index (χ4v) is 1.40. The Hall–Kier alpha value is -1.03. The summed E-state index contributed by atoms with van der Waals surface area (Å²) in [7, 11) is 1.89. The van der Waals surface area contributed by atoms with Gasteiger partial charge in [-0.3, -0.25) is 0 Å². The number of nitrogens with zero attached hydrogens (tertiary/aromatic N) is 2. The Morgan fingerprint density at radius 3 is 2.93 bits per heavy atom. The average molecular weight is 211 g/mol. The third-order valence-corrected chi connectivity index (χ3v) is 2.27. The topological polar surface area (TPSA) is 39.1 Å². The van der Waals surface area contributed by atoms with E-state index >= 15 is 0 Å². The Labute approximate surface area is 91.7 Å². The largest absolute Gasteiger partial charge is 0.381 e. The highest BCUT2D eigenvalue weighted by atomic mass is 16.5. The summed E-state index contributed by atoms with van der Waals surface area (Å²) in [5.41, 5.74) is 0. The molecule has 1 rings (SSSR count). The van der Waals surface area contributed by atoms with Crippen molar-refractivity contribution < 1.29 is 4.74 Å². The molecule has 15 heavy (non-hydrogen) atoms. The predicted molar refractivity (Wildman–Crippen MR) is 62.1 cm³/mol. The van der Waals surface area contributed by atoms with E-state index in [4.69, 9.17) is 4.74 Å². The Kier molecular flexibility index (Phi) is 5.85. The summed E-state index contributed by atoms with van der Waals surface area (Å²) >= 11 is 0. The molecule has 1 aromatic rings. The molecule has 0 aliphatic carbocycles. The number of anilines is 1. The zero-order chi connectivity index (χ0) is 10.9. The molecule has 0 unspecified atom stereocenters. The molecule has 0 atom stereocenters. The van der Waals surface area contributed by atoms with E-state index in [-0.39, 0.29) is 0 Å². The van der Waals surface area contributed by atoms with E-state index < -0.39 is 0 Å². The van der Waals surface area contributed by atoms with Gasteiger partial charge < -0.3 is 14.6 Å². The maximum absolute atomic E-state index is 5.49.